The summed E-state index contributed by atoms with van der Waals surface area (Å²) in [6, 6.07) is 55.5. The van der Waals surface area contributed by atoms with Crippen LogP contribution in [0.1, 0.15) is 158 Å². The SMILES string of the molecule is CC(C)(C)c1ccc(-c2ccc(-c3ccc(C(C)(C)C)cc3)c3[cH-]c(C(C)(C)C)cc23)cc1.CC(C)(C)c1ccc(-c2ccc(-c3ccc(C(C)(C)C)cc3)c3[cH-]c(C(C)(C)C)cc23)cc1.Cl.Cl.[CH3-].[CH3-].[Si]=[Zr]. The number of halogens is 2. The molecule has 8 rings (SSSR count). The van der Waals surface area contributed by atoms with Gasteiger partial charge in [-0.05, 0) is 65.9 Å². The van der Waals surface area contributed by atoms with E-state index in [1.54, 1.807) is 0 Å². The maximum atomic E-state index is 3.06. The van der Waals surface area contributed by atoms with Gasteiger partial charge in [0.05, 0.1) is 0 Å². The number of rotatable bonds is 4. The van der Waals surface area contributed by atoms with Crippen molar-refractivity contribution < 1.29 is 23.3 Å². The van der Waals surface area contributed by atoms with E-state index < -0.39 is 0 Å². The summed E-state index contributed by atoms with van der Waals surface area (Å²) in [7, 11) is 0. The average molecular weight is 1090 g/mol. The molecule has 0 aliphatic rings. The van der Waals surface area contributed by atoms with Crippen molar-refractivity contribution in [1.82, 2.24) is 0 Å². The molecule has 0 unspecified atom stereocenters. The Kier molecular flexibility index (Phi) is 21.7. The molecule has 0 nitrogen and oxygen atoms in total. The second-order valence-electron chi connectivity index (χ2n) is 25.3. The molecule has 0 atom stereocenters. The predicted octanol–water partition coefficient (Wildman–Crippen LogP) is 20.9. The molecule has 0 aliphatic heterocycles. The molecule has 0 aromatic heterocycles. The summed E-state index contributed by atoms with van der Waals surface area (Å²) in [4.78, 5) is 0. The van der Waals surface area contributed by atoms with Crippen molar-refractivity contribution in [1.29, 1.82) is 0 Å². The molecule has 4 heteroatoms. The van der Waals surface area contributed by atoms with Crippen molar-refractivity contribution >= 4 is 53.2 Å². The van der Waals surface area contributed by atoms with Crippen LogP contribution in [0.25, 0.3) is 66.1 Å². The van der Waals surface area contributed by atoms with Crippen LogP contribution >= 0.6 is 24.8 Å². The topological polar surface area (TPSA) is 0 Å². The van der Waals surface area contributed by atoms with Gasteiger partial charge in [0.1, 0.15) is 0 Å². The molecule has 0 amide bonds. The monoisotopic (exact) mass is 1090 g/mol. The normalized spacial score (nSPS) is 12.0. The number of benzene rings is 6. The second-order valence-corrected chi connectivity index (χ2v) is 25.3. The zero-order valence-electron chi connectivity index (χ0n) is 47.7. The zero-order chi connectivity index (χ0) is 50.4. The zero-order valence-corrected chi connectivity index (χ0v) is 52.8. The van der Waals surface area contributed by atoms with Crippen LogP contribution in [0.15, 0.2) is 146 Å². The standard InChI is InChI=1S/2C33H39.2CH3.2ClH.Si.Zr/c2*1-31(2,3)24-14-10-22(11-15-24)27-18-19-28(23-12-16-25(17-13-23)32(4,5)6)30-21-26(20-29(27)30)33(7,8)9;;;;;;/h2*10-21H,1-9H3;2*1H3;2*1H;;/q4*-1;;;;. The van der Waals surface area contributed by atoms with E-state index in [1.165, 1.54) is 123 Å². The molecule has 0 heterocycles. The summed E-state index contributed by atoms with van der Waals surface area (Å²) in [5.74, 6) is 0. The van der Waals surface area contributed by atoms with Crippen LogP contribution in [-0.2, 0) is 55.8 Å². The summed E-state index contributed by atoms with van der Waals surface area (Å²) in [5, 5.41) is 5.39. The van der Waals surface area contributed by atoms with Crippen LogP contribution in [-0.4, -0.2) is 6.88 Å². The van der Waals surface area contributed by atoms with E-state index in [0.29, 0.717) is 0 Å². The molecule has 0 spiro atoms. The van der Waals surface area contributed by atoms with Gasteiger partial charge >= 0.3 is 30.2 Å². The Bertz CT molecular complexity index is 2580. The van der Waals surface area contributed by atoms with Gasteiger partial charge in [-0.15, -0.1) is 69.6 Å². The van der Waals surface area contributed by atoms with Gasteiger partial charge < -0.3 is 14.9 Å². The Hall–Kier alpha value is -3.78. The molecule has 0 aliphatic carbocycles. The first-order valence-electron chi connectivity index (χ1n) is 24.7. The minimum atomic E-state index is 0. The number of hydrogen-bond acceptors (Lipinski definition) is 0. The van der Waals surface area contributed by atoms with Crippen LogP contribution in [0.3, 0.4) is 0 Å². The van der Waals surface area contributed by atoms with Crippen molar-refractivity contribution in [3.05, 3.63) is 194 Å². The summed E-state index contributed by atoms with van der Waals surface area (Å²) in [5.41, 5.74) is 19.6. The van der Waals surface area contributed by atoms with E-state index in [4.69, 9.17) is 0 Å². The number of hydrogen-bond donors (Lipinski definition) is 0. The molecule has 384 valence electrons. The quantitative estimate of drug-likeness (QED) is 0.122. The first-order chi connectivity index (χ1) is 31.5. The Balaban J connectivity index is 0.000000453. The summed E-state index contributed by atoms with van der Waals surface area (Å²) < 4.78 is 0. The van der Waals surface area contributed by atoms with Crippen molar-refractivity contribution in [2.75, 3.05) is 0 Å². The first-order valence-corrected chi connectivity index (χ1v) is 28.9. The van der Waals surface area contributed by atoms with E-state index in [1.807, 2.05) is 0 Å². The molecule has 0 N–H and O–H groups in total. The van der Waals surface area contributed by atoms with Gasteiger partial charge in [-0.25, -0.2) is 0 Å². The van der Waals surface area contributed by atoms with E-state index in [-0.39, 0.29) is 72.2 Å². The van der Waals surface area contributed by atoms with Crippen molar-refractivity contribution in [2.24, 2.45) is 0 Å². The molecule has 2 radical (unpaired) electrons. The molecule has 72 heavy (non-hydrogen) atoms. The van der Waals surface area contributed by atoms with Crippen molar-refractivity contribution in [3.8, 4) is 44.5 Å². The van der Waals surface area contributed by atoms with E-state index in [0.717, 1.165) is 0 Å². The Labute approximate surface area is 468 Å². The Morgan fingerprint density at radius 1 is 0.292 bits per heavy atom. The van der Waals surface area contributed by atoms with Gasteiger partial charge in [0, 0.05) is 0 Å². The van der Waals surface area contributed by atoms with Gasteiger partial charge in [-0.2, -0.15) is 12.1 Å². The molecular formula is C68H86Cl2SiZr-4. The average Bonchev–Trinajstić information content (AvgIpc) is 3.93. The third-order valence-corrected chi connectivity index (χ3v) is 13.8. The molecule has 8 aromatic rings. The van der Waals surface area contributed by atoms with Crippen molar-refractivity contribution in [3.63, 3.8) is 0 Å². The van der Waals surface area contributed by atoms with E-state index >= 15 is 0 Å². The Morgan fingerprint density at radius 3 is 0.681 bits per heavy atom. The molecular weight excluding hydrogens is 1010 g/mol. The van der Waals surface area contributed by atoms with Crippen LogP contribution in [0.4, 0.5) is 0 Å². The summed E-state index contributed by atoms with van der Waals surface area (Å²) >= 11 is 1.36. The van der Waals surface area contributed by atoms with Crippen molar-refractivity contribution in [2.45, 2.75) is 157 Å². The fourth-order valence-corrected chi connectivity index (χ4v) is 9.07. The first kappa shape index (κ1) is 64.3. The molecule has 0 bridgehead atoms. The van der Waals surface area contributed by atoms with Crippen LogP contribution in [0.2, 0.25) is 0 Å². The van der Waals surface area contributed by atoms with E-state index in [2.05, 4.69) is 277 Å². The fraction of sp³-hybridized carbons (Fsp3) is 0.353. The van der Waals surface area contributed by atoms with Gasteiger partial charge in [0.15, 0.2) is 0 Å². The van der Waals surface area contributed by atoms with Crippen LogP contribution in [0, 0.1) is 14.9 Å². The summed E-state index contributed by atoms with van der Waals surface area (Å²) in [6.07, 6.45) is 0. The Morgan fingerprint density at radius 2 is 0.486 bits per heavy atom. The third kappa shape index (κ3) is 14.7. The van der Waals surface area contributed by atoms with Gasteiger partial charge in [-0.3, -0.25) is 0 Å². The van der Waals surface area contributed by atoms with Crippen LogP contribution < -0.4 is 0 Å². The van der Waals surface area contributed by atoms with E-state index in [9.17, 15) is 0 Å². The second kappa shape index (κ2) is 24.3. The molecule has 0 saturated heterocycles. The predicted molar refractivity (Wildman–Crippen MR) is 326 cm³/mol. The summed E-state index contributed by atoms with van der Waals surface area (Å²) in [6.45, 7) is 44.1. The van der Waals surface area contributed by atoms with Gasteiger partial charge in [0.2, 0.25) is 0 Å². The van der Waals surface area contributed by atoms with Gasteiger partial charge in [-0.1, -0.05) is 279 Å². The molecule has 0 saturated carbocycles. The van der Waals surface area contributed by atoms with Gasteiger partial charge in [0.25, 0.3) is 0 Å². The number of fused-ring (bicyclic) bond motifs is 2. The molecule has 8 aromatic carbocycles. The minimum absolute atomic E-state index is 0. The van der Waals surface area contributed by atoms with Crippen LogP contribution in [0.5, 0.6) is 0 Å². The third-order valence-electron chi connectivity index (χ3n) is 13.8. The maximum absolute atomic E-state index is 3.06. The molecule has 0 fully saturated rings. The fourth-order valence-electron chi connectivity index (χ4n) is 9.07.